The van der Waals surface area contributed by atoms with Gasteiger partial charge in [-0.25, -0.2) is 0 Å². The van der Waals surface area contributed by atoms with Gasteiger partial charge in [-0.05, 0) is 24.6 Å². The lowest BCUT2D eigenvalue weighted by atomic mass is 10.1. The molecule has 0 fully saturated rings. The molecule has 94 valence electrons. The molecule has 0 aliphatic heterocycles. The van der Waals surface area contributed by atoms with E-state index in [0.29, 0.717) is 0 Å². The molecule has 0 radical (unpaired) electrons. The molecule has 17 heavy (non-hydrogen) atoms. The SMILES string of the molecule is CC(=O)Cc1cccc(OS(=O)(=O)N(C)C)c1. The van der Waals surface area contributed by atoms with Crippen LogP contribution in [-0.4, -0.2) is 32.6 Å². The van der Waals surface area contributed by atoms with Crippen LogP contribution in [0.2, 0.25) is 0 Å². The molecule has 0 atom stereocenters. The second-order valence-corrected chi connectivity index (χ2v) is 5.60. The highest BCUT2D eigenvalue weighted by Gasteiger charge is 2.15. The minimum atomic E-state index is -3.75. The molecule has 0 aliphatic carbocycles. The van der Waals surface area contributed by atoms with E-state index in [4.69, 9.17) is 4.18 Å². The molecule has 1 rings (SSSR count). The molecule has 0 bridgehead atoms. The summed E-state index contributed by atoms with van der Waals surface area (Å²) in [6.45, 7) is 1.48. The largest absolute Gasteiger partial charge is 0.384 e. The van der Waals surface area contributed by atoms with E-state index in [-0.39, 0.29) is 18.0 Å². The summed E-state index contributed by atoms with van der Waals surface area (Å²) in [4.78, 5) is 11.0. The van der Waals surface area contributed by atoms with Crippen molar-refractivity contribution in [1.82, 2.24) is 4.31 Å². The molecular formula is C11H15NO4S. The summed E-state index contributed by atoms with van der Waals surface area (Å²) in [5.74, 6) is 0.218. The summed E-state index contributed by atoms with van der Waals surface area (Å²) in [7, 11) is -0.981. The second kappa shape index (κ2) is 5.29. The van der Waals surface area contributed by atoms with Gasteiger partial charge in [0.05, 0.1) is 0 Å². The van der Waals surface area contributed by atoms with Crippen LogP contribution in [0.5, 0.6) is 5.75 Å². The predicted octanol–water partition coefficient (Wildman–Crippen LogP) is 1.00. The molecule has 0 saturated heterocycles. The van der Waals surface area contributed by atoms with E-state index in [2.05, 4.69) is 0 Å². The summed E-state index contributed by atoms with van der Waals surface area (Å²) in [6.07, 6.45) is 0.263. The van der Waals surface area contributed by atoms with Gasteiger partial charge < -0.3 is 4.18 Å². The van der Waals surface area contributed by atoms with Gasteiger partial charge in [0.1, 0.15) is 11.5 Å². The average Bonchev–Trinajstić information content (AvgIpc) is 2.15. The maximum absolute atomic E-state index is 11.5. The maximum atomic E-state index is 11.5. The summed E-state index contributed by atoms with van der Waals surface area (Å²) >= 11 is 0. The van der Waals surface area contributed by atoms with E-state index >= 15 is 0 Å². The van der Waals surface area contributed by atoms with Crippen molar-refractivity contribution in [3.05, 3.63) is 29.8 Å². The third-order valence-corrected chi connectivity index (χ3v) is 3.30. The number of ketones is 1. The minimum Gasteiger partial charge on any atom is -0.371 e. The van der Waals surface area contributed by atoms with Crippen molar-refractivity contribution in [2.45, 2.75) is 13.3 Å². The van der Waals surface area contributed by atoms with Crippen molar-refractivity contribution >= 4 is 16.1 Å². The fourth-order valence-electron chi connectivity index (χ4n) is 1.19. The summed E-state index contributed by atoms with van der Waals surface area (Å²) in [5, 5.41) is 0. The number of Topliss-reactive ketones (excluding diaryl/α,β-unsaturated/α-hetero) is 1. The van der Waals surface area contributed by atoms with Crippen LogP contribution in [0.4, 0.5) is 0 Å². The fraction of sp³-hybridized carbons (Fsp3) is 0.364. The molecule has 6 heteroatoms. The van der Waals surface area contributed by atoms with Gasteiger partial charge in [0, 0.05) is 20.5 Å². The Bertz CT molecular complexity index is 508. The first-order valence-corrected chi connectivity index (χ1v) is 6.38. The van der Waals surface area contributed by atoms with E-state index < -0.39 is 10.3 Å². The Morgan fingerprint density at radius 2 is 2.00 bits per heavy atom. The molecule has 1 aromatic carbocycles. The van der Waals surface area contributed by atoms with Crippen LogP contribution in [0, 0.1) is 0 Å². The Morgan fingerprint density at radius 1 is 1.35 bits per heavy atom. The highest BCUT2D eigenvalue weighted by atomic mass is 32.2. The Labute approximate surface area is 101 Å². The van der Waals surface area contributed by atoms with Crippen LogP contribution in [0.3, 0.4) is 0 Å². The molecule has 0 aromatic heterocycles. The number of rotatable bonds is 5. The number of carbonyl (C=O) groups is 1. The average molecular weight is 257 g/mol. The number of carbonyl (C=O) groups excluding carboxylic acids is 1. The molecule has 0 spiro atoms. The molecule has 5 nitrogen and oxygen atoms in total. The van der Waals surface area contributed by atoms with Crippen LogP contribution in [0.25, 0.3) is 0 Å². The van der Waals surface area contributed by atoms with E-state index in [1.807, 2.05) is 0 Å². The van der Waals surface area contributed by atoms with Crippen molar-refractivity contribution in [3.63, 3.8) is 0 Å². The maximum Gasteiger partial charge on any atom is 0.384 e. The van der Waals surface area contributed by atoms with Crippen LogP contribution >= 0.6 is 0 Å². The number of nitrogens with zero attached hydrogens (tertiary/aromatic N) is 1. The van der Waals surface area contributed by atoms with Crippen molar-refractivity contribution in [2.24, 2.45) is 0 Å². The first-order chi connectivity index (χ1) is 7.81. The van der Waals surface area contributed by atoms with Crippen molar-refractivity contribution in [2.75, 3.05) is 14.1 Å². The fourth-order valence-corrected chi connectivity index (χ4v) is 1.69. The number of benzene rings is 1. The van der Waals surface area contributed by atoms with Gasteiger partial charge in [0.25, 0.3) is 0 Å². The zero-order valence-corrected chi connectivity index (χ0v) is 10.8. The van der Waals surface area contributed by atoms with Gasteiger partial charge >= 0.3 is 10.3 Å². The highest BCUT2D eigenvalue weighted by Crippen LogP contribution is 2.16. The summed E-state index contributed by atoms with van der Waals surface area (Å²) in [5.41, 5.74) is 0.726. The van der Waals surface area contributed by atoms with E-state index in [1.165, 1.54) is 27.1 Å². The topological polar surface area (TPSA) is 63.7 Å². The van der Waals surface area contributed by atoms with Gasteiger partial charge in [0.15, 0.2) is 0 Å². The molecule has 0 saturated carbocycles. The zero-order valence-electron chi connectivity index (χ0n) is 10.0. The second-order valence-electron chi connectivity index (χ2n) is 3.85. The third kappa shape index (κ3) is 4.16. The molecule has 0 amide bonds. The smallest absolute Gasteiger partial charge is 0.371 e. The van der Waals surface area contributed by atoms with E-state index in [0.717, 1.165) is 9.87 Å². The first-order valence-electron chi connectivity index (χ1n) is 5.01. The van der Waals surface area contributed by atoms with Crippen molar-refractivity contribution < 1.29 is 17.4 Å². The molecule has 0 aliphatic rings. The van der Waals surface area contributed by atoms with E-state index in [1.54, 1.807) is 18.2 Å². The van der Waals surface area contributed by atoms with Crippen molar-refractivity contribution in [3.8, 4) is 5.75 Å². The standard InChI is InChI=1S/C11H15NO4S/c1-9(13)7-10-5-4-6-11(8-10)16-17(14,15)12(2)3/h4-6,8H,7H2,1-3H3. The molecular weight excluding hydrogens is 242 g/mol. The Morgan fingerprint density at radius 3 is 2.53 bits per heavy atom. The summed E-state index contributed by atoms with van der Waals surface area (Å²) in [6, 6.07) is 6.47. The molecule has 1 aromatic rings. The first kappa shape index (κ1) is 13.7. The van der Waals surface area contributed by atoms with Gasteiger partial charge in [-0.1, -0.05) is 12.1 Å². The minimum absolute atomic E-state index is 0.0117. The lowest BCUT2D eigenvalue weighted by molar-refractivity contribution is -0.116. The zero-order chi connectivity index (χ0) is 13.1. The Balaban J connectivity index is 2.90. The molecule has 0 heterocycles. The Hall–Kier alpha value is -1.40. The lowest BCUT2D eigenvalue weighted by Gasteiger charge is -2.12. The lowest BCUT2D eigenvalue weighted by Crippen LogP contribution is -2.27. The van der Waals surface area contributed by atoms with Gasteiger partial charge in [0.2, 0.25) is 0 Å². The van der Waals surface area contributed by atoms with Gasteiger partial charge in [-0.3, -0.25) is 4.79 Å². The number of hydrogen-bond acceptors (Lipinski definition) is 4. The van der Waals surface area contributed by atoms with Gasteiger partial charge in [-0.2, -0.15) is 12.7 Å². The predicted molar refractivity (Wildman–Crippen MR) is 64.1 cm³/mol. The molecule has 0 unspecified atom stereocenters. The van der Waals surface area contributed by atoms with Crippen LogP contribution in [0.15, 0.2) is 24.3 Å². The van der Waals surface area contributed by atoms with Crippen LogP contribution in [-0.2, 0) is 21.5 Å². The third-order valence-electron chi connectivity index (χ3n) is 2.00. The number of hydrogen-bond donors (Lipinski definition) is 0. The Kier molecular flexibility index (Phi) is 4.25. The van der Waals surface area contributed by atoms with Crippen LogP contribution in [0.1, 0.15) is 12.5 Å². The monoisotopic (exact) mass is 257 g/mol. The summed E-state index contributed by atoms with van der Waals surface area (Å²) < 4.78 is 28.8. The quantitative estimate of drug-likeness (QED) is 0.789. The highest BCUT2D eigenvalue weighted by molar-refractivity contribution is 7.84. The molecule has 0 N–H and O–H groups in total. The van der Waals surface area contributed by atoms with Crippen molar-refractivity contribution in [1.29, 1.82) is 0 Å². The van der Waals surface area contributed by atoms with Crippen LogP contribution < -0.4 is 4.18 Å². The van der Waals surface area contributed by atoms with E-state index in [9.17, 15) is 13.2 Å². The normalized spacial score (nSPS) is 11.5. The van der Waals surface area contributed by atoms with Gasteiger partial charge in [-0.15, -0.1) is 0 Å².